The first-order chi connectivity index (χ1) is 11.0. The maximum absolute atomic E-state index is 13.4. The van der Waals surface area contributed by atoms with Crippen LogP contribution in [0.1, 0.15) is 16.1 Å². The first kappa shape index (κ1) is 15.0. The zero-order chi connectivity index (χ0) is 16.6. The van der Waals surface area contributed by atoms with Crippen LogP contribution in [0.3, 0.4) is 0 Å². The lowest BCUT2D eigenvalue weighted by Gasteiger charge is -2.09. The maximum Gasteiger partial charge on any atom is 0.259 e. The van der Waals surface area contributed by atoms with Gasteiger partial charge in [-0.1, -0.05) is 0 Å². The van der Waals surface area contributed by atoms with Crippen LogP contribution in [0.15, 0.2) is 30.5 Å². The third kappa shape index (κ3) is 2.73. The van der Waals surface area contributed by atoms with Crippen LogP contribution < -0.4 is 10.1 Å². The molecule has 0 aliphatic carbocycles. The predicted molar refractivity (Wildman–Crippen MR) is 84.2 cm³/mol. The van der Waals surface area contributed by atoms with Gasteiger partial charge in [0.2, 0.25) is 0 Å². The molecule has 2 aromatic heterocycles. The molecule has 0 atom stereocenters. The highest BCUT2D eigenvalue weighted by Crippen LogP contribution is 2.23. The van der Waals surface area contributed by atoms with E-state index < -0.39 is 11.7 Å². The summed E-state index contributed by atoms with van der Waals surface area (Å²) in [5, 5.41) is 7.83. The second-order valence-electron chi connectivity index (χ2n) is 5.10. The Morgan fingerprint density at radius 2 is 2.13 bits per heavy atom. The third-order valence-electron chi connectivity index (χ3n) is 3.53. The highest BCUT2D eigenvalue weighted by Gasteiger charge is 2.15. The Bertz CT molecular complexity index is 904. The quantitative estimate of drug-likeness (QED) is 0.807. The number of nitrogens with one attached hydrogen (secondary N) is 1. The number of ether oxygens (including phenoxy) is 1. The fourth-order valence-corrected chi connectivity index (χ4v) is 2.43. The van der Waals surface area contributed by atoms with E-state index in [0.717, 1.165) is 22.8 Å². The lowest BCUT2D eigenvalue weighted by atomic mass is 10.1. The molecule has 0 aliphatic rings. The number of amides is 1. The van der Waals surface area contributed by atoms with Crippen molar-refractivity contribution >= 4 is 22.6 Å². The Kier molecular flexibility index (Phi) is 3.69. The summed E-state index contributed by atoms with van der Waals surface area (Å²) < 4.78 is 20.2. The van der Waals surface area contributed by atoms with Gasteiger partial charge in [-0.3, -0.25) is 9.48 Å². The van der Waals surface area contributed by atoms with Crippen molar-refractivity contribution in [3.05, 3.63) is 47.5 Å². The zero-order valence-corrected chi connectivity index (χ0v) is 12.9. The molecule has 3 rings (SSSR count). The molecule has 1 N–H and O–H groups in total. The molecule has 0 saturated carbocycles. The van der Waals surface area contributed by atoms with Crippen molar-refractivity contribution in [2.75, 3.05) is 12.4 Å². The number of benzene rings is 1. The molecular weight excluding hydrogens is 299 g/mol. The molecule has 0 bridgehead atoms. The Morgan fingerprint density at radius 1 is 1.35 bits per heavy atom. The molecule has 23 heavy (non-hydrogen) atoms. The molecule has 0 fully saturated rings. The minimum absolute atomic E-state index is 0.121. The summed E-state index contributed by atoms with van der Waals surface area (Å²) in [4.78, 5) is 16.7. The van der Waals surface area contributed by atoms with Crippen molar-refractivity contribution in [3.8, 4) is 5.75 Å². The second-order valence-corrected chi connectivity index (χ2v) is 5.10. The van der Waals surface area contributed by atoms with Crippen molar-refractivity contribution in [2.24, 2.45) is 7.05 Å². The molecule has 0 aliphatic heterocycles. The van der Waals surface area contributed by atoms with Gasteiger partial charge in [-0.2, -0.15) is 5.10 Å². The number of fused-ring (bicyclic) bond motifs is 1. The Hall–Kier alpha value is -2.96. The highest BCUT2D eigenvalue weighted by molar-refractivity contribution is 6.06. The number of methoxy groups -OCH3 is 1. The van der Waals surface area contributed by atoms with E-state index >= 15 is 0 Å². The summed E-state index contributed by atoms with van der Waals surface area (Å²) in [6.07, 6.45) is 1.53. The summed E-state index contributed by atoms with van der Waals surface area (Å²) in [5.74, 6) is -0.674. The molecule has 6 nitrogen and oxygen atoms in total. The van der Waals surface area contributed by atoms with Gasteiger partial charge in [-0.05, 0) is 31.2 Å². The number of halogens is 1. The van der Waals surface area contributed by atoms with E-state index in [9.17, 15) is 9.18 Å². The average molecular weight is 314 g/mol. The molecule has 2 heterocycles. The van der Waals surface area contributed by atoms with Crippen molar-refractivity contribution in [2.45, 2.75) is 6.92 Å². The summed E-state index contributed by atoms with van der Waals surface area (Å²) in [5.41, 5.74) is 2.17. The Morgan fingerprint density at radius 3 is 2.87 bits per heavy atom. The van der Waals surface area contributed by atoms with Crippen LogP contribution in [0, 0.1) is 12.7 Å². The molecular formula is C16H15FN4O2. The number of pyridine rings is 1. The third-order valence-corrected chi connectivity index (χ3v) is 3.53. The number of hydrogen-bond acceptors (Lipinski definition) is 4. The van der Waals surface area contributed by atoms with Gasteiger partial charge < -0.3 is 10.1 Å². The average Bonchev–Trinajstić information content (AvgIpc) is 2.81. The van der Waals surface area contributed by atoms with Crippen LogP contribution in [-0.2, 0) is 7.05 Å². The topological polar surface area (TPSA) is 69.0 Å². The number of rotatable bonds is 3. The summed E-state index contributed by atoms with van der Waals surface area (Å²) >= 11 is 0. The predicted octanol–water partition coefficient (Wildman–Crippen LogP) is 2.68. The number of aryl methyl sites for hydroxylation is 2. The van der Waals surface area contributed by atoms with Gasteiger partial charge in [0, 0.05) is 12.4 Å². The molecule has 0 spiro atoms. The SMILES string of the molecule is COc1ccc(F)cc1C(=O)Nc1cnc2c(c1)c(C)nn2C. The van der Waals surface area contributed by atoms with E-state index in [2.05, 4.69) is 15.4 Å². The number of aromatic nitrogens is 3. The van der Waals surface area contributed by atoms with Crippen LogP contribution in [0.5, 0.6) is 5.75 Å². The van der Waals surface area contributed by atoms with Gasteiger partial charge in [-0.25, -0.2) is 9.37 Å². The van der Waals surface area contributed by atoms with Gasteiger partial charge >= 0.3 is 0 Å². The zero-order valence-electron chi connectivity index (χ0n) is 12.9. The highest BCUT2D eigenvalue weighted by atomic mass is 19.1. The summed E-state index contributed by atoms with van der Waals surface area (Å²) in [7, 11) is 3.23. The molecule has 0 radical (unpaired) electrons. The number of nitrogens with zero attached hydrogens (tertiary/aromatic N) is 3. The van der Waals surface area contributed by atoms with E-state index in [-0.39, 0.29) is 5.56 Å². The first-order valence-corrected chi connectivity index (χ1v) is 6.94. The molecule has 0 saturated heterocycles. The van der Waals surface area contributed by atoms with Gasteiger partial charge in [-0.15, -0.1) is 0 Å². The largest absolute Gasteiger partial charge is 0.496 e. The van der Waals surface area contributed by atoms with E-state index in [1.165, 1.54) is 25.4 Å². The van der Waals surface area contributed by atoms with Crippen molar-refractivity contribution in [3.63, 3.8) is 0 Å². The Balaban J connectivity index is 1.94. The molecule has 7 heteroatoms. The number of hydrogen-bond donors (Lipinski definition) is 1. The fourth-order valence-electron chi connectivity index (χ4n) is 2.43. The van der Waals surface area contributed by atoms with Crippen LogP contribution in [0.4, 0.5) is 10.1 Å². The monoisotopic (exact) mass is 314 g/mol. The summed E-state index contributed by atoms with van der Waals surface area (Å²) in [6.45, 7) is 1.87. The molecule has 1 amide bonds. The Labute approximate surface area is 131 Å². The number of carbonyl (C=O) groups is 1. The first-order valence-electron chi connectivity index (χ1n) is 6.94. The van der Waals surface area contributed by atoms with Crippen LogP contribution in [-0.4, -0.2) is 27.8 Å². The molecule has 3 aromatic rings. The van der Waals surface area contributed by atoms with Gasteiger partial charge in [0.15, 0.2) is 5.65 Å². The van der Waals surface area contributed by atoms with E-state index in [4.69, 9.17) is 4.74 Å². The normalized spacial score (nSPS) is 10.8. The van der Waals surface area contributed by atoms with E-state index in [1.54, 1.807) is 17.8 Å². The number of anilines is 1. The smallest absolute Gasteiger partial charge is 0.259 e. The number of carbonyl (C=O) groups excluding carboxylic acids is 1. The van der Waals surface area contributed by atoms with Crippen LogP contribution in [0.2, 0.25) is 0 Å². The van der Waals surface area contributed by atoms with E-state index in [0.29, 0.717) is 11.4 Å². The van der Waals surface area contributed by atoms with Gasteiger partial charge in [0.25, 0.3) is 5.91 Å². The second kappa shape index (κ2) is 5.68. The minimum Gasteiger partial charge on any atom is -0.496 e. The molecule has 0 unspecified atom stereocenters. The minimum atomic E-state index is -0.507. The van der Waals surface area contributed by atoms with Crippen molar-refractivity contribution < 1.29 is 13.9 Å². The lowest BCUT2D eigenvalue weighted by molar-refractivity contribution is 0.102. The molecule has 118 valence electrons. The van der Waals surface area contributed by atoms with Crippen molar-refractivity contribution in [1.29, 1.82) is 0 Å². The van der Waals surface area contributed by atoms with Gasteiger partial charge in [0.05, 0.1) is 30.3 Å². The molecule has 1 aromatic carbocycles. The fraction of sp³-hybridized carbons (Fsp3) is 0.188. The van der Waals surface area contributed by atoms with Crippen LogP contribution in [0.25, 0.3) is 11.0 Å². The van der Waals surface area contributed by atoms with Crippen molar-refractivity contribution in [1.82, 2.24) is 14.8 Å². The van der Waals surface area contributed by atoms with Crippen LogP contribution >= 0.6 is 0 Å². The lowest BCUT2D eigenvalue weighted by Crippen LogP contribution is -2.13. The van der Waals surface area contributed by atoms with Gasteiger partial charge in [0.1, 0.15) is 11.6 Å². The summed E-state index contributed by atoms with van der Waals surface area (Å²) in [6, 6.07) is 5.57. The maximum atomic E-state index is 13.4. The van der Waals surface area contributed by atoms with E-state index in [1.807, 2.05) is 6.92 Å². The standard InChI is InChI=1S/C16H15FN4O2/c1-9-12-7-11(8-18-15(12)21(2)20-9)19-16(22)13-6-10(17)4-5-14(13)23-3/h4-8H,1-3H3,(H,19,22).